The maximum Gasteiger partial charge on any atom is 0.0223 e. The average molecular weight is 254 g/mol. The minimum Gasteiger partial charge on any atom is -0.315 e. The first-order valence-electron chi connectivity index (χ1n) is 8.15. The second-order valence-electron chi connectivity index (χ2n) is 6.32. The predicted octanol–water partition coefficient (Wildman–Crippen LogP) is 3.67. The molecule has 1 unspecified atom stereocenters. The van der Waals surface area contributed by atoms with E-state index in [1.165, 1.54) is 51.6 Å². The van der Waals surface area contributed by atoms with Crippen molar-refractivity contribution in [2.24, 2.45) is 5.92 Å². The smallest absolute Gasteiger partial charge is 0.0223 e. The van der Waals surface area contributed by atoms with Crippen LogP contribution < -0.4 is 5.32 Å². The van der Waals surface area contributed by atoms with Gasteiger partial charge >= 0.3 is 0 Å². The molecule has 0 aromatic heterocycles. The molecular weight excluding hydrogens is 220 g/mol. The van der Waals surface area contributed by atoms with Gasteiger partial charge in [0.25, 0.3) is 0 Å². The molecule has 0 bridgehead atoms. The molecule has 0 aliphatic heterocycles. The van der Waals surface area contributed by atoms with Crippen molar-refractivity contribution in [3.05, 3.63) is 0 Å². The Bertz CT molecular complexity index is 199. The molecule has 108 valence electrons. The van der Waals surface area contributed by atoms with Crippen molar-refractivity contribution < 1.29 is 0 Å². The van der Waals surface area contributed by atoms with Gasteiger partial charge in [-0.05, 0) is 44.7 Å². The Kier molecular flexibility index (Phi) is 7.92. The summed E-state index contributed by atoms with van der Waals surface area (Å²) in [7, 11) is 0. The van der Waals surface area contributed by atoms with Crippen LogP contribution in [0.25, 0.3) is 0 Å². The Hall–Kier alpha value is -0.0800. The van der Waals surface area contributed by atoms with Gasteiger partial charge in [0, 0.05) is 18.6 Å². The fourth-order valence-corrected chi connectivity index (χ4v) is 2.67. The Morgan fingerprint density at radius 2 is 1.83 bits per heavy atom. The maximum absolute atomic E-state index is 3.67. The third-order valence-electron chi connectivity index (χ3n) is 3.81. The van der Waals surface area contributed by atoms with E-state index >= 15 is 0 Å². The second-order valence-corrected chi connectivity index (χ2v) is 6.32. The highest BCUT2D eigenvalue weighted by Gasteiger charge is 2.32. The monoisotopic (exact) mass is 254 g/mol. The van der Waals surface area contributed by atoms with Crippen LogP contribution in [0.15, 0.2) is 0 Å². The van der Waals surface area contributed by atoms with Crippen LogP contribution in [0.1, 0.15) is 66.2 Å². The lowest BCUT2D eigenvalue weighted by Crippen LogP contribution is -2.44. The van der Waals surface area contributed by atoms with E-state index in [-0.39, 0.29) is 0 Å². The standard InChI is InChI=1S/C16H34N2/c1-5-7-11-18(15-9-10-15)16(8-6-2)13-17-12-14(3)4/h14-17H,5-13H2,1-4H3. The summed E-state index contributed by atoms with van der Waals surface area (Å²) in [5.74, 6) is 0.761. The number of unbranched alkanes of at least 4 members (excludes halogenated alkanes) is 1. The van der Waals surface area contributed by atoms with E-state index < -0.39 is 0 Å². The van der Waals surface area contributed by atoms with Crippen molar-refractivity contribution in [1.29, 1.82) is 0 Å². The minimum absolute atomic E-state index is 0.761. The van der Waals surface area contributed by atoms with Crippen LogP contribution in [-0.2, 0) is 0 Å². The summed E-state index contributed by atoms with van der Waals surface area (Å²) in [6, 6.07) is 1.68. The Labute approximate surface area is 115 Å². The van der Waals surface area contributed by atoms with Gasteiger partial charge in [-0.15, -0.1) is 0 Å². The largest absolute Gasteiger partial charge is 0.315 e. The molecule has 0 amide bonds. The van der Waals surface area contributed by atoms with Crippen molar-refractivity contribution in [3.63, 3.8) is 0 Å². The highest BCUT2D eigenvalue weighted by Crippen LogP contribution is 2.30. The number of hydrogen-bond acceptors (Lipinski definition) is 2. The topological polar surface area (TPSA) is 15.3 Å². The Balaban J connectivity index is 2.39. The first-order valence-corrected chi connectivity index (χ1v) is 8.15. The summed E-state index contributed by atoms with van der Waals surface area (Å²) in [5, 5.41) is 3.67. The molecule has 1 fully saturated rings. The van der Waals surface area contributed by atoms with E-state index in [1.807, 2.05) is 0 Å². The van der Waals surface area contributed by atoms with Crippen molar-refractivity contribution >= 4 is 0 Å². The third-order valence-corrected chi connectivity index (χ3v) is 3.81. The van der Waals surface area contributed by atoms with Gasteiger partial charge in [0.2, 0.25) is 0 Å². The van der Waals surface area contributed by atoms with E-state index in [2.05, 4.69) is 37.9 Å². The highest BCUT2D eigenvalue weighted by molar-refractivity contribution is 4.89. The molecule has 1 saturated carbocycles. The molecule has 0 saturated heterocycles. The van der Waals surface area contributed by atoms with Gasteiger partial charge < -0.3 is 5.32 Å². The third kappa shape index (κ3) is 6.19. The molecule has 0 heterocycles. The number of rotatable bonds is 11. The molecular formula is C16H34N2. The molecule has 1 aliphatic rings. The van der Waals surface area contributed by atoms with Crippen LogP contribution in [-0.4, -0.2) is 36.6 Å². The van der Waals surface area contributed by atoms with Crippen LogP contribution in [0.4, 0.5) is 0 Å². The van der Waals surface area contributed by atoms with Gasteiger partial charge in [0.05, 0.1) is 0 Å². The van der Waals surface area contributed by atoms with Gasteiger partial charge in [0.15, 0.2) is 0 Å². The van der Waals surface area contributed by atoms with E-state index in [0.29, 0.717) is 0 Å². The molecule has 1 aliphatic carbocycles. The van der Waals surface area contributed by atoms with Crippen molar-refractivity contribution in [1.82, 2.24) is 10.2 Å². The quantitative estimate of drug-likeness (QED) is 0.605. The highest BCUT2D eigenvalue weighted by atomic mass is 15.2. The van der Waals surface area contributed by atoms with Crippen molar-refractivity contribution in [2.45, 2.75) is 78.3 Å². The molecule has 1 N–H and O–H groups in total. The molecule has 2 nitrogen and oxygen atoms in total. The Morgan fingerprint density at radius 3 is 2.33 bits per heavy atom. The van der Waals surface area contributed by atoms with Crippen LogP contribution >= 0.6 is 0 Å². The molecule has 0 spiro atoms. The molecule has 2 heteroatoms. The predicted molar refractivity (Wildman–Crippen MR) is 81.0 cm³/mol. The van der Waals surface area contributed by atoms with Crippen molar-refractivity contribution in [3.8, 4) is 0 Å². The summed E-state index contributed by atoms with van der Waals surface area (Å²) >= 11 is 0. The summed E-state index contributed by atoms with van der Waals surface area (Å²) in [5.41, 5.74) is 0. The summed E-state index contributed by atoms with van der Waals surface area (Å²) in [4.78, 5) is 2.81. The summed E-state index contributed by atoms with van der Waals surface area (Å²) in [6.07, 6.45) is 8.22. The maximum atomic E-state index is 3.67. The zero-order valence-electron chi connectivity index (χ0n) is 13.0. The lowest BCUT2D eigenvalue weighted by Gasteiger charge is -2.32. The summed E-state index contributed by atoms with van der Waals surface area (Å²) < 4.78 is 0. The fraction of sp³-hybridized carbons (Fsp3) is 1.00. The first-order chi connectivity index (χ1) is 8.69. The van der Waals surface area contributed by atoms with Crippen LogP contribution in [0.2, 0.25) is 0 Å². The zero-order chi connectivity index (χ0) is 13.4. The van der Waals surface area contributed by atoms with E-state index in [9.17, 15) is 0 Å². The molecule has 1 atom stereocenters. The molecule has 18 heavy (non-hydrogen) atoms. The van der Waals surface area contributed by atoms with Gasteiger partial charge in [-0.2, -0.15) is 0 Å². The fourth-order valence-electron chi connectivity index (χ4n) is 2.67. The van der Waals surface area contributed by atoms with Gasteiger partial charge in [-0.25, -0.2) is 0 Å². The second kappa shape index (κ2) is 8.92. The molecule has 0 radical (unpaired) electrons. The first kappa shape index (κ1) is 16.0. The van der Waals surface area contributed by atoms with Crippen LogP contribution in [0.3, 0.4) is 0 Å². The lowest BCUT2D eigenvalue weighted by atomic mass is 10.1. The minimum atomic E-state index is 0.761. The SMILES string of the molecule is CCCCN(C1CC1)C(CCC)CNCC(C)C. The lowest BCUT2D eigenvalue weighted by molar-refractivity contribution is 0.168. The Morgan fingerprint density at radius 1 is 1.11 bits per heavy atom. The van der Waals surface area contributed by atoms with Gasteiger partial charge in [-0.3, -0.25) is 4.90 Å². The number of hydrogen-bond donors (Lipinski definition) is 1. The van der Waals surface area contributed by atoms with E-state index in [4.69, 9.17) is 0 Å². The van der Waals surface area contributed by atoms with Gasteiger partial charge in [0.1, 0.15) is 0 Å². The zero-order valence-corrected chi connectivity index (χ0v) is 13.0. The van der Waals surface area contributed by atoms with Gasteiger partial charge in [-0.1, -0.05) is 40.5 Å². The number of nitrogens with one attached hydrogen (secondary N) is 1. The summed E-state index contributed by atoms with van der Waals surface area (Å²) in [6.45, 7) is 12.9. The average Bonchev–Trinajstić information content (AvgIpc) is 3.13. The normalized spacial score (nSPS) is 17.7. The molecule has 1 rings (SSSR count). The van der Waals surface area contributed by atoms with E-state index in [1.54, 1.807) is 0 Å². The number of nitrogens with zero attached hydrogens (tertiary/aromatic N) is 1. The van der Waals surface area contributed by atoms with Crippen LogP contribution in [0, 0.1) is 5.92 Å². The van der Waals surface area contributed by atoms with Crippen LogP contribution in [0.5, 0.6) is 0 Å². The van der Waals surface area contributed by atoms with E-state index in [0.717, 1.165) is 24.5 Å². The molecule has 0 aromatic carbocycles. The van der Waals surface area contributed by atoms with Crippen molar-refractivity contribution in [2.75, 3.05) is 19.6 Å². The molecule has 0 aromatic rings.